The van der Waals surface area contributed by atoms with Gasteiger partial charge in [-0.25, -0.2) is 0 Å². The summed E-state index contributed by atoms with van der Waals surface area (Å²) in [4.78, 5) is 27.8. The molecule has 5 nitrogen and oxygen atoms in total. The van der Waals surface area contributed by atoms with Crippen molar-refractivity contribution in [3.63, 3.8) is 0 Å². The van der Waals surface area contributed by atoms with Gasteiger partial charge in [-0.2, -0.15) is 0 Å². The van der Waals surface area contributed by atoms with Crippen LogP contribution in [-0.2, 0) is 16.1 Å². The maximum atomic E-state index is 13.4. The molecule has 0 unspecified atom stereocenters. The number of rotatable bonds is 10. The predicted octanol–water partition coefficient (Wildman–Crippen LogP) is 4.82. The first-order valence-corrected chi connectivity index (χ1v) is 11.8. The monoisotopic (exact) mass is 467 g/mol. The Morgan fingerprint density at radius 1 is 1.29 bits per heavy atom. The van der Waals surface area contributed by atoms with Gasteiger partial charge in [-0.15, -0.1) is 6.58 Å². The lowest BCUT2D eigenvalue weighted by Gasteiger charge is -2.46. The molecule has 1 aliphatic carbocycles. The highest BCUT2D eigenvalue weighted by Gasteiger charge is 2.49. The Morgan fingerprint density at radius 3 is 2.65 bits per heavy atom. The smallest absolute Gasteiger partial charge is 0.246 e. The van der Waals surface area contributed by atoms with Crippen molar-refractivity contribution in [2.24, 2.45) is 11.8 Å². The highest BCUT2D eigenvalue weighted by atomic mass is 35.5. The summed E-state index contributed by atoms with van der Waals surface area (Å²) >= 11 is 12.2. The molecule has 2 rings (SSSR count). The van der Waals surface area contributed by atoms with Crippen molar-refractivity contribution in [3.8, 4) is 0 Å². The molecule has 3 atom stereocenters. The van der Waals surface area contributed by atoms with Crippen LogP contribution in [0.25, 0.3) is 0 Å². The normalized spacial score (nSPS) is 23.4. The molecule has 2 N–H and O–H groups in total. The van der Waals surface area contributed by atoms with Crippen LogP contribution in [0.3, 0.4) is 0 Å². The maximum Gasteiger partial charge on any atom is 0.246 e. The third-order valence-electron chi connectivity index (χ3n) is 6.09. The van der Waals surface area contributed by atoms with Crippen LogP contribution in [0.1, 0.15) is 51.5 Å². The molecule has 1 aromatic rings. The summed E-state index contributed by atoms with van der Waals surface area (Å²) in [6, 6.07) is 5.62. The van der Waals surface area contributed by atoms with Gasteiger partial charge >= 0.3 is 0 Å². The number of nitrogens with one attached hydrogen (secondary N) is 2. The van der Waals surface area contributed by atoms with Crippen molar-refractivity contribution < 1.29 is 9.59 Å². The second-order valence-corrected chi connectivity index (χ2v) is 9.50. The van der Waals surface area contributed by atoms with Gasteiger partial charge in [0, 0.05) is 32.5 Å². The lowest BCUT2D eigenvalue weighted by Crippen LogP contribution is -2.66. The number of nitrogens with zero attached hydrogens (tertiary/aromatic N) is 1. The molecule has 2 amide bonds. The minimum absolute atomic E-state index is 0.0120. The van der Waals surface area contributed by atoms with E-state index in [1.54, 1.807) is 6.07 Å². The molecule has 0 spiro atoms. The topological polar surface area (TPSA) is 61.4 Å². The number of allylic oxidation sites excluding steroid dienone is 1. The minimum atomic E-state index is -0.942. The summed E-state index contributed by atoms with van der Waals surface area (Å²) < 4.78 is 0. The third-order valence-corrected chi connectivity index (χ3v) is 6.83. The SMILES string of the molecule is C=C[C@@H]1CC[C@@H](CN(C)Cc2ccc(Cl)c(Cl)c2)[C@@](NC(C)=O)(C(=O)NCCCC)C1. The van der Waals surface area contributed by atoms with Crippen molar-refractivity contribution in [3.05, 3.63) is 46.5 Å². The Bertz CT molecular complexity index is 786. The van der Waals surface area contributed by atoms with Crippen LogP contribution in [0.15, 0.2) is 30.9 Å². The lowest BCUT2D eigenvalue weighted by atomic mass is 9.67. The molecule has 31 heavy (non-hydrogen) atoms. The van der Waals surface area contributed by atoms with E-state index in [0.29, 0.717) is 36.1 Å². The molecule has 0 heterocycles. The number of halogens is 2. The van der Waals surface area contributed by atoms with Gasteiger partial charge in [-0.1, -0.05) is 48.7 Å². The molecule has 0 aromatic heterocycles. The van der Waals surface area contributed by atoms with E-state index in [0.717, 1.165) is 31.2 Å². The number of benzene rings is 1. The average molecular weight is 468 g/mol. The van der Waals surface area contributed by atoms with Crippen molar-refractivity contribution >= 4 is 35.0 Å². The van der Waals surface area contributed by atoms with Crippen LogP contribution in [0.5, 0.6) is 0 Å². The van der Waals surface area contributed by atoms with Crippen LogP contribution in [0.4, 0.5) is 0 Å². The number of unbranched alkanes of at least 4 members (excludes halogenated alkanes) is 1. The zero-order valence-electron chi connectivity index (χ0n) is 18.8. The van der Waals surface area contributed by atoms with E-state index in [4.69, 9.17) is 23.2 Å². The standard InChI is InChI=1S/C24H35Cl2N3O2/c1-5-7-12-27-23(31)24(28-17(3)30)14-18(6-2)8-10-20(24)16-29(4)15-19-9-11-21(25)22(26)13-19/h6,9,11,13,18,20H,2,5,7-8,10,12,14-16H2,1,3-4H3,(H,27,31)(H,28,30)/t18-,20+,24-/m1/s1. The molecular weight excluding hydrogens is 433 g/mol. The van der Waals surface area contributed by atoms with Gasteiger partial charge in [0.25, 0.3) is 0 Å². The first-order chi connectivity index (χ1) is 14.7. The van der Waals surface area contributed by atoms with Crippen molar-refractivity contribution in [2.75, 3.05) is 20.1 Å². The van der Waals surface area contributed by atoms with Crippen molar-refractivity contribution in [2.45, 2.75) is 58.0 Å². The van der Waals surface area contributed by atoms with E-state index in [2.05, 4.69) is 29.0 Å². The highest BCUT2D eigenvalue weighted by molar-refractivity contribution is 6.42. The number of carbonyl (C=O) groups excluding carboxylic acids is 2. The van der Waals surface area contributed by atoms with Crippen LogP contribution < -0.4 is 10.6 Å². The Morgan fingerprint density at radius 2 is 2.03 bits per heavy atom. The van der Waals surface area contributed by atoms with E-state index in [9.17, 15) is 9.59 Å². The molecule has 0 bridgehead atoms. The van der Waals surface area contributed by atoms with Crippen LogP contribution >= 0.6 is 23.2 Å². The molecule has 1 aromatic carbocycles. The molecule has 172 valence electrons. The number of hydrogen-bond acceptors (Lipinski definition) is 3. The third kappa shape index (κ3) is 6.96. The van der Waals surface area contributed by atoms with Gasteiger partial charge in [0.2, 0.25) is 11.8 Å². The van der Waals surface area contributed by atoms with E-state index < -0.39 is 5.54 Å². The fourth-order valence-corrected chi connectivity index (χ4v) is 4.84. The Kier molecular flexibility index (Phi) is 9.86. The lowest BCUT2D eigenvalue weighted by molar-refractivity contribution is -0.138. The fraction of sp³-hybridized carbons (Fsp3) is 0.583. The van der Waals surface area contributed by atoms with Gasteiger partial charge in [-0.3, -0.25) is 9.59 Å². The first-order valence-electron chi connectivity index (χ1n) is 11.0. The van der Waals surface area contributed by atoms with Crippen molar-refractivity contribution in [1.82, 2.24) is 15.5 Å². The summed E-state index contributed by atoms with van der Waals surface area (Å²) in [5.41, 5.74) is 0.108. The van der Waals surface area contributed by atoms with Gasteiger partial charge in [-0.05, 0) is 56.3 Å². The molecule has 7 heteroatoms. The van der Waals surface area contributed by atoms with Crippen LogP contribution in [0, 0.1) is 11.8 Å². The zero-order chi connectivity index (χ0) is 23.0. The van der Waals surface area contributed by atoms with Gasteiger partial charge in [0.15, 0.2) is 0 Å². The maximum absolute atomic E-state index is 13.4. The first kappa shape index (κ1) is 25.7. The molecule has 0 saturated heterocycles. The zero-order valence-corrected chi connectivity index (χ0v) is 20.4. The summed E-state index contributed by atoms with van der Waals surface area (Å²) in [6.45, 7) is 9.47. The predicted molar refractivity (Wildman–Crippen MR) is 128 cm³/mol. The molecule has 0 radical (unpaired) electrons. The Labute approximate surface area is 196 Å². The van der Waals surface area contributed by atoms with Gasteiger partial charge < -0.3 is 15.5 Å². The summed E-state index contributed by atoms with van der Waals surface area (Å²) in [5, 5.41) is 7.19. The summed E-state index contributed by atoms with van der Waals surface area (Å²) in [5.74, 6) is -0.0921. The number of carbonyl (C=O) groups is 2. The molecule has 0 aliphatic heterocycles. The summed E-state index contributed by atoms with van der Waals surface area (Å²) in [6.07, 6.45) is 6.18. The Hall–Kier alpha value is -1.56. The molecular formula is C24H35Cl2N3O2. The second-order valence-electron chi connectivity index (χ2n) is 8.68. The number of hydrogen-bond donors (Lipinski definition) is 2. The van der Waals surface area contributed by atoms with Gasteiger partial charge in [0.05, 0.1) is 10.0 Å². The van der Waals surface area contributed by atoms with E-state index >= 15 is 0 Å². The fourth-order valence-electron chi connectivity index (χ4n) is 4.52. The summed E-state index contributed by atoms with van der Waals surface area (Å²) in [7, 11) is 2.02. The highest BCUT2D eigenvalue weighted by Crippen LogP contribution is 2.39. The van der Waals surface area contributed by atoms with Crippen LogP contribution in [-0.4, -0.2) is 42.4 Å². The van der Waals surface area contributed by atoms with E-state index in [1.807, 2.05) is 25.3 Å². The average Bonchev–Trinajstić information content (AvgIpc) is 2.71. The van der Waals surface area contributed by atoms with E-state index in [-0.39, 0.29) is 23.7 Å². The quantitative estimate of drug-likeness (QED) is 0.382. The van der Waals surface area contributed by atoms with Crippen LogP contribution in [0.2, 0.25) is 10.0 Å². The second kappa shape index (κ2) is 11.9. The minimum Gasteiger partial charge on any atom is -0.354 e. The molecule has 1 saturated carbocycles. The molecule has 1 fully saturated rings. The van der Waals surface area contributed by atoms with E-state index in [1.165, 1.54) is 6.92 Å². The Balaban J connectivity index is 2.24. The largest absolute Gasteiger partial charge is 0.354 e. The van der Waals surface area contributed by atoms with Gasteiger partial charge in [0.1, 0.15) is 5.54 Å². The molecule has 1 aliphatic rings. The number of amides is 2. The van der Waals surface area contributed by atoms with Crippen molar-refractivity contribution in [1.29, 1.82) is 0 Å².